The van der Waals surface area contributed by atoms with E-state index in [-0.39, 0.29) is 11.9 Å². The van der Waals surface area contributed by atoms with Gasteiger partial charge in [-0.3, -0.25) is 9.69 Å². The average Bonchev–Trinajstić information content (AvgIpc) is 2.46. The summed E-state index contributed by atoms with van der Waals surface area (Å²) < 4.78 is 10.7. The number of methoxy groups -OCH3 is 2. The van der Waals surface area contributed by atoms with E-state index in [0.717, 1.165) is 5.56 Å². The maximum Gasteiger partial charge on any atom is 0.237 e. The molecule has 1 rings (SSSR count). The number of hydrogen-bond donors (Lipinski definition) is 1. The van der Waals surface area contributed by atoms with E-state index in [1.165, 1.54) is 0 Å². The van der Waals surface area contributed by atoms with Gasteiger partial charge in [-0.15, -0.1) is 0 Å². The summed E-state index contributed by atoms with van der Waals surface area (Å²) in [6, 6.07) is 5.55. The lowest BCUT2D eigenvalue weighted by molar-refractivity contribution is -0.125. The summed E-state index contributed by atoms with van der Waals surface area (Å²) >= 11 is 0. The SMILES string of the molecule is CCNC(=O)[C@@H](C)N(C)Cc1cccc(OC)c1OC. The van der Waals surface area contributed by atoms with Crippen LogP contribution in [-0.2, 0) is 11.3 Å². The van der Waals surface area contributed by atoms with Gasteiger partial charge in [-0.05, 0) is 27.0 Å². The average molecular weight is 280 g/mol. The number of amides is 1. The molecule has 0 fully saturated rings. The molecule has 0 aromatic heterocycles. The summed E-state index contributed by atoms with van der Waals surface area (Å²) in [5.74, 6) is 1.44. The van der Waals surface area contributed by atoms with E-state index in [4.69, 9.17) is 9.47 Å². The van der Waals surface area contributed by atoms with Crippen molar-refractivity contribution in [3.63, 3.8) is 0 Å². The molecule has 0 heterocycles. The first kappa shape index (κ1) is 16.3. The molecule has 0 bridgehead atoms. The van der Waals surface area contributed by atoms with Crippen LogP contribution in [0.5, 0.6) is 11.5 Å². The van der Waals surface area contributed by atoms with Gasteiger partial charge in [0.1, 0.15) is 0 Å². The number of para-hydroxylation sites is 1. The van der Waals surface area contributed by atoms with Gasteiger partial charge >= 0.3 is 0 Å². The van der Waals surface area contributed by atoms with Crippen LogP contribution in [0.15, 0.2) is 18.2 Å². The van der Waals surface area contributed by atoms with Crippen LogP contribution in [0.3, 0.4) is 0 Å². The van der Waals surface area contributed by atoms with E-state index in [9.17, 15) is 4.79 Å². The zero-order valence-electron chi connectivity index (χ0n) is 12.9. The van der Waals surface area contributed by atoms with Crippen LogP contribution >= 0.6 is 0 Å². The molecule has 112 valence electrons. The Morgan fingerprint density at radius 1 is 1.35 bits per heavy atom. The third-order valence-corrected chi connectivity index (χ3v) is 3.30. The number of carbonyl (C=O) groups excluding carboxylic acids is 1. The Hall–Kier alpha value is -1.75. The first-order valence-corrected chi connectivity index (χ1v) is 6.72. The van der Waals surface area contributed by atoms with Crippen molar-refractivity contribution >= 4 is 5.91 Å². The third-order valence-electron chi connectivity index (χ3n) is 3.30. The van der Waals surface area contributed by atoms with Gasteiger partial charge in [0.2, 0.25) is 5.91 Å². The van der Waals surface area contributed by atoms with E-state index in [1.54, 1.807) is 14.2 Å². The van der Waals surface area contributed by atoms with Crippen molar-refractivity contribution in [3.8, 4) is 11.5 Å². The van der Waals surface area contributed by atoms with Gasteiger partial charge in [-0.2, -0.15) is 0 Å². The minimum absolute atomic E-state index is 0.0249. The molecule has 5 nitrogen and oxygen atoms in total. The topological polar surface area (TPSA) is 50.8 Å². The Morgan fingerprint density at radius 3 is 2.60 bits per heavy atom. The number of nitrogens with zero attached hydrogens (tertiary/aromatic N) is 1. The summed E-state index contributed by atoms with van der Waals surface area (Å²) in [6.45, 7) is 5.05. The predicted octanol–water partition coefficient (Wildman–Crippen LogP) is 1.66. The second-order valence-electron chi connectivity index (χ2n) is 4.64. The van der Waals surface area contributed by atoms with E-state index < -0.39 is 0 Å². The van der Waals surface area contributed by atoms with Crippen molar-refractivity contribution in [3.05, 3.63) is 23.8 Å². The molecule has 0 aliphatic heterocycles. The standard InChI is InChI=1S/C15H24N2O3/c1-6-16-15(18)11(2)17(3)10-12-8-7-9-13(19-4)14(12)20-5/h7-9,11H,6,10H2,1-5H3,(H,16,18)/t11-/m1/s1. The molecule has 0 aliphatic rings. The largest absolute Gasteiger partial charge is 0.493 e. The van der Waals surface area contributed by atoms with Crippen LogP contribution in [0.4, 0.5) is 0 Å². The van der Waals surface area contributed by atoms with Crippen molar-refractivity contribution in [1.29, 1.82) is 0 Å². The fraction of sp³-hybridized carbons (Fsp3) is 0.533. The molecule has 1 aromatic carbocycles. The first-order chi connectivity index (χ1) is 9.54. The van der Waals surface area contributed by atoms with Crippen LogP contribution in [0, 0.1) is 0 Å². The smallest absolute Gasteiger partial charge is 0.237 e. The van der Waals surface area contributed by atoms with Gasteiger partial charge in [0.15, 0.2) is 11.5 Å². The highest BCUT2D eigenvalue weighted by atomic mass is 16.5. The third kappa shape index (κ3) is 3.87. The van der Waals surface area contributed by atoms with Crippen LogP contribution in [0.2, 0.25) is 0 Å². The van der Waals surface area contributed by atoms with Crippen LogP contribution in [-0.4, -0.2) is 44.7 Å². The Labute approximate surface area is 120 Å². The molecular formula is C15H24N2O3. The minimum atomic E-state index is -0.203. The van der Waals surface area contributed by atoms with Crippen molar-refractivity contribution in [2.24, 2.45) is 0 Å². The maximum atomic E-state index is 11.8. The highest BCUT2D eigenvalue weighted by Gasteiger charge is 2.19. The molecular weight excluding hydrogens is 256 g/mol. The van der Waals surface area contributed by atoms with E-state index in [1.807, 2.05) is 44.0 Å². The number of rotatable bonds is 7. The fourth-order valence-electron chi connectivity index (χ4n) is 2.01. The highest BCUT2D eigenvalue weighted by Crippen LogP contribution is 2.31. The zero-order chi connectivity index (χ0) is 15.1. The number of hydrogen-bond acceptors (Lipinski definition) is 4. The van der Waals surface area contributed by atoms with Crippen LogP contribution in [0.1, 0.15) is 19.4 Å². The molecule has 1 amide bonds. The normalized spacial score (nSPS) is 12.1. The lowest BCUT2D eigenvalue weighted by Crippen LogP contribution is -2.42. The minimum Gasteiger partial charge on any atom is -0.493 e. The maximum absolute atomic E-state index is 11.8. The van der Waals surface area contributed by atoms with E-state index >= 15 is 0 Å². The molecule has 1 aromatic rings. The molecule has 0 saturated carbocycles. The number of benzene rings is 1. The van der Waals surface area contributed by atoms with Crippen LogP contribution in [0.25, 0.3) is 0 Å². The molecule has 1 atom stereocenters. The second kappa shape index (κ2) is 7.75. The molecule has 0 radical (unpaired) electrons. The van der Waals surface area contributed by atoms with Crippen LogP contribution < -0.4 is 14.8 Å². The summed E-state index contributed by atoms with van der Waals surface area (Å²) in [4.78, 5) is 13.8. The Bertz CT molecular complexity index is 449. The van der Waals surface area contributed by atoms with E-state index in [0.29, 0.717) is 24.6 Å². The fourth-order valence-corrected chi connectivity index (χ4v) is 2.01. The van der Waals surface area contributed by atoms with E-state index in [2.05, 4.69) is 5.32 Å². The molecule has 0 spiro atoms. The molecule has 0 aliphatic carbocycles. The molecule has 0 saturated heterocycles. The lowest BCUT2D eigenvalue weighted by atomic mass is 10.1. The van der Waals surface area contributed by atoms with Gasteiger partial charge in [0.05, 0.1) is 20.3 Å². The van der Waals surface area contributed by atoms with Crippen molar-refractivity contribution in [2.75, 3.05) is 27.8 Å². The summed E-state index contributed by atoms with van der Waals surface area (Å²) in [5.41, 5.74) is 0.991. The summed E-state index contributed by atoms with van der Waals surface area (Å²) in [7, 11) is 5.15. The molecule has 1 N–H and O–H groups in total. The molecule has 5 heteroatoms. The Morgan fingerprint density at radius 2 is 2.05 bits per heavy atom. The van der Waals surface area contributed by atoms with Gasteiger partial charge in [-0.1, -0.05) is 12.1 Å². The van der Waals surface area contributed by atoms with Gasteiger partial charge in [0.25, 0.3) is 0 Å². The number of carbonyl (C=O) groups is 1. The highest BCUT2D eigenvalue weighted by molar-refractivity contribution is 5.81. The Kier molecular flexibility index (Phi) is 6.31. The lowest BCUT2D eigenvalue weighted by Gasteiger charge is -2.24. The summed E-state index contributed by atoms with van der Waals surface area (Å²) in [6.07, 6.45) is 0. The molecule has 20 heavy (non-hydrogen) atoms. The van der Waals surface area contributed by atoms with Gasteiger partial charge in [0, 0.05) is 18.7 Å². The number of ether oxygens (including phenoxy) is 2. The molecule has 0 unspecified atom stereocenters. The summed E-state index contributed by atoms with van der Waals surface area (Å²) in [5, 5.41) is 2.83. The quantitative estimate of drug-likeness (QED) is 0.825. The second-order valence-corrected chi connectivity index (χ2v) is 4.64. The van der Waals surface area contributed by atoms with Crippen molar-refractivity contribution < 1.29 is 14.3 Å². The number of likely N-dealkylation sites (N-methyl/N-ethyl adjacent to an activating group) is 2. The Balaban J connectivity index is 2.85. The predicted molar refractivity (Wildman–Crippen MR) is 79.2 cm³/mol. The van der Waals surface area contributed by atoms with Crippen molar-refractivity contribution in [1.82, 2.24) is 10.2 Å². The number of nitrogens with one attached hydrogen (secondary N) is 1. The van der Waals surface area contributed by atoms with Crippen molar-refractivity contribution in [2.45, 2.75) is 26.4 Å². The van der Waals surface area contributed by atoms with Gasteiger partial charge in [-0.25, -0.2) is 0 Å². The first-order valence-electron chi connectivity index (χ1n) is 6.72. The van der Waals surface area contributed by atoms with Gasteiger partial charge < -0.3 is 14.8 Å². The zero-order valence-corrected chi connectivity index (χ0v) is 12.9. The monoisotopic (exact) mass is 280 g/mol.